The first-order valence-electron chi connectivity index (χ1n) is 2.96. The van der Waals surface area contributed by atoms with Crippen molar-refractivity contribution < 1.29 is 18.3 Å². The van der Waals surface area contributed by atoms with E-state index < -0.39 is 22.2 Å². The van der Waals surface area contributed by atoms with Crippen LogP contribution in [0.25, 0.3) is 0 Å². The van der Waals surface area contributed by atoms with Crippen molar-refractivity contribution in [3.05, 3.63) is 20.9 Å². The topological polar surface area (TPSA) is 71.4 Å². The Bertz CT molecular complexity index is 376. The molecule has 1 aliphatic heterocycles. The number of carbonyl (C=O) groups is 1. The second-order valence-electron chi connectivity index (χ2n) is 2.23. The van der Waals surface area contributed by atoms with E-state index in [2.05, 4.69) is 15.9 Å². The number of allylic oxidation sites excluding steroid dienone is 2. The van der Waals surface area contributed by atoms with E-state index >= 15 is 0 Å². The molecule has 0 saturated carbocycles. The van der Waals surface area contributed by atoms with E-state index in [0.717, 1.165) is 5.41 Å². The van der Waals surface area contributed by atoms with Crippen molar-refractivity contribution in [2.45, 2.75) is 6.42 Å². The highest BCUT2D eigenvalue weighted by Crippen LogP contribution is 2.27. The lowest BCUT2D eigenvalue weighted by Gasteiger charge is -1.95. The minimum Gasteiger partial charge on any atom is -0.481 e. The van der Waals surface area contributed by atoms with Crippen LogP contribution in [0, 0.1) is 0 Å². The number of hydrogen-bond donors (Lipinski definition) is 1. The minimum atomic E-state index is -3.46. The number of halogens is 1. The van der Waals surface area contributed by atoms with Gasteiger partial charge in [0.1, 0.15) is 0 Å². The molecule has 6 heteroatoms. The average molecular weight is 253 g/mol. The molecule has 1 rings (SSSR count). The lowest BCUT2D eigenvalue weighted by atomic mass is 10.4. The lowest BCUT2D eigenvalue weighted by Crippen LogP contribution is -2.03. The van der Waals surface area contributed by atoms with Crippen LogP contribution in [-0.4, -0.2) is 19.5 Å². The zero-order valence-corrected chi connectivity index (χ0v) is 8.22. The molecule has 12 heavy (non-hydrogen) atoms. The molecule has 0 unspecified atom stereocenters. The number of carboxylic acids is 1. The first kappa shape index (κ1) is 9.47. The van der Waals surface area contributed by atoms with Gasteiger partial charge in [0, 0.05) is 9.89 Å². The predicted octanol–water partition coefficient (Wildman–Crippen LogP) is 1.01. The fraction of sp³-hybridized carbons (Fsp3) is 0.167. The van der Waals surface area contributed by atoms with Gasteiger partial charge < -0.3 is 5.11 Å². The molecule has 4 nitrogen and oxygen atoms in total. The molecule has 0 aromatic rings. The molecule has 0 aromatic carbocycles. The number of rotatable bonds is 2. The Hall–Kier alpha value is -0.620. The van der Waals surface area contributed by atoms with E-state index in [0.29, 0.717) is 4.48 Å². The zero-order valence-electron chi connectivity index (χ0n) is 5.82. The Balaban J connectivity index is 2.98. The van der Waals surface area contributed by atoms with Gasteiger partial charge in [0.15, 0.2) is 9.84 Å². The van der Waals surface area contributed by atoms with Crippen LogP contribution < -0.4 is 0 Å². The standard InChI is InChI=1S/C6H5BrO4S/c7-4-1-5(2-6(8)9)12(10,11)3-4/h1,3H,2H2,(H,8,9). The highest BCUT2D eigenvalue weighted by molar-refractivity contribution is 9.12. The van der Waals surface area contributed by atoms with Gasteiger partial charge in [-0.1, -0.05) is 15.9 Å². The number of sulfone groups is 1. The molecular weight excluding hydrogens is 248 g/mol. The molecule has 0 atom stereocenters. The molecule has 0 bridgehead atoms. The van der Waals surface area contributed by atoms with Crippen molar-refractivity contribution in [1.29, 1.82) is 0 Å². The van der Waals surface area contributed by atoms with Crippen molar-refractivity contribution in [1.82, 2.24) is 0 Å². The van der Waals surface area contributed by atoms with Crippen molar-refractivity contribution in [3.8, 4) is 0 Å². The van der Waals surface area contributed by atoms with Gasteiger partial charge in [-0.3, -0.25) is 4.79 Å². The SMILES string of the molecule is O=C(O)CC1=CC(Br)=CS1(=O)=O. The average Bonchev–Trinajstić information content (AvgIpc) is 2.04. The molecule has 66 valence electrons. The molecule has 1 N–H and O–H groups in total. The Labute approximate surface area is 77.6 Å². The van der Waals surface area contributed by atoms with Crippen molar-refractivity contribution in [3.63, 3.8) is 0 Å². The normalized spacial score (nSPS) is 20.1. The van der Waals surface area contributed by atoms with Gasteiger partial charge in [0.2, 0.25) is 0 Å². The van der Waals surface area contributed by atoms with Crippen LogP contribution in [0.2, 0.25) is 0 Å². The van der Waals surface area contributed by atoms with E-state index in [1.54, 1.807) is 0 Å². The summed E-state index contributed by atoms with van der Waals surface area (Å²) in [6.07, 6.45) is 0.831. The molecule has 0 saturated heterocycles. The van der Waals surface area contributed by atoms with Gasteiger partial charge in [-0.15, -0.1) is 0 Å². The quantitative estimate of drug-likeness (QED) is 0.797. The number of hydrogen-bond acceptors (Lipinski definition) is 3. The minimum absolute atomic E-state index is 0.0816. The summed E-state index contributed by atoms with van der Waals surface area (Å²) in [4.78, 5) is 10.1. The van der Waals surface area contributed by atoms with Crippen LogP contribution >= 0.6 is 15.9 Å². The first-order chi connectivity index (χ1) is 5.42. The van der Waals surface area contributed by atoms with Crippen LogP contribution in [0.5, 0.6) is 0 Å². The van der Waals surface area contributed by atoms with Gasteiger partial charge in [-0.2, -0.15) is 0 Å². The summed E-state index contributed by atoms with van der Waals surface area (Å²) in [6.45, 7) is 0. The van der Waals surface area contributed by atoms with Crippen LogP contribution in [0.3, 0.4) is 0 Å². The van der Waals surface area contributed by atoms with E-state index in [1.165, 1.54) is 6.08 Å². The molecule has 0 aromatic heterocycles. The highest BCUT2D eigenvalue weighted by Gasteiger charge is 2.23. The molecular formula is C6H5BrO4S. The predicted molar refractivity (Wildman–Crippen MR) is 46.3 cm³/mol. The second kappa shape index (κ2) is 3.02. The van der Waals surface area contributed by atoms with Crippen LogP contribution in [0.1, 0.15) is 6.42 Å². The Morgan fingerprint density at radius 2 is 2.17 bits per heavy atom. The summed E-state index contributed by atoms with van der Waals surface area (Å²) in [5.41, 5.74) is 0. The first-order valence-corrected chi connectivity index (χ1v) is 5.30. The molecule has 1 aliphatic rings. The molecule has 0 radical (unpaired) electrons. The smallest absolute Gasteiger partial charge is 0.308 e. The fourth-order valence-electron chi connectivity index (χ4n) is 0.795. The fourth-order valence-corrected chi connectivity index (χ4v) is 3.09. The number of carboxylic acid groups (broad SMARTS) is 1. The molecule has 0 spiro atoms. The summed E-state index contributed by atoms with van der Waals surface area (Å²) >= 11 is 2.96. The van der Waals surface area contributed by atoms with E-state index in [-0.39, 0.29) is 4.91 Å². The van der Waals surface area contributed by atoms with Crippen LogP contribution in [0.15, 0.2) is 20.9 Å². The van der Waals surface area contributed by atoms with Gasteiger partial charge in [-0.05, 0) is 6.08 Å². The maximum absolute atomic E-state index is 11.1. The maximum atomic E-state index is 11.1. The highest BCUT2D eigenvalue weighted by atomic mass is 79.9. The van der Waals surface area contributed by atoms with Gasteiger partial charge >= 0.3 is 5.97 Å². The number of aliphatic carboxylic acids is 1. The van der Waals surface area contributed by atoms with E-state index in [1.807, 2.05) is 0 Å². The Morgan fingerprint density at radius 1 is 1.58 bits per heavy atom. The van der Waals surface area contributed by atoms with Gasteiger partial charge in [-0.25, -0.2) is 8.42 Å². The molecule has 0 fully saturated rings. The van der Waals surface area contributed by atoms with E-state index in [4.69, 9.17) is 5.11 Å². The largest absolute Gasteiger partial charge is 0.481 e. The third-order valence-electron chi connectivity index (χ3n) is 1.26. The molecule has 1 heterocycles. The second-order valence-corrected chi connectivity index (χ2v) is 4.99. The van der Waals surface area contributed by atoms with Crippen molar-refractivity contribution in [2.75, 3.05) is 0 Å². The maximum Gasteiger partial charge on any atom is 0.308 e. The van der Waals surface area contributed by atoms with Crippen molar-refractivity contribution in [2.24, 2.45) is 0 Å². The summed E-state index contributed by atoms with van der Waals surface area (Å²) < 4.78 is 22.5. The summed E-state index contributed by atoms with van der Waals surface area (Å²) in [5.74, 6) is -1.15. The summed E-state index contributed by atoms with van der Waals surface area (Å²) in [7, 11) is -3.46. The van der Waals surface area contributed by atoms with E-state index in [9.17, 15) is 13.2 Å². The summed E-state index contributed by atoms with van der Waals surface area (Å²) in [6, 6.07) is 0. The molecule has 0 amide bonds. The zero-order chi connectivity index (χ0) is 9.35. The van der Waals surface area contributed by atoms with Gasteiger partial charge in [0.25, 0.3) is 0 Å². The third kappa shape index (κ3) is 1.95. The third-order valence-corrected chi connectivity index (χ3v) is 3.58. The van der Waals surface area contributed by atoms with Crippen molar-refractivity contribution >= 4 is 31.7 Å². The summed E-state index contributed by atoms with van der Waals surface area (Å²) in [5, 5.41) is 9.34. The van der Waals surface area contributed by atoms with Gasteiger partial charge in [0.05, 0.1) is 11.3 Å². The lowest BCUT2D eigenvalue weighted by molar-refractivity contribution is -0.136. The van der Waals surface area contributed by atoms with Crippen LogP contribution in [0.4, 0.5) is 0 Å². The van der Waals surface area contributed by atoms with Crippen LogP contribution in [-0.2, 0) is 14.6 Å². The monoisotopic (exact) mass is 252 g/mol. The Morgan fingerprint density at radius 3 is 2.50 bits per heavy atom. The molecule has 0 aliphatic carbocycles. The Kier molecular flexibility index (Phi) is 2.39.